The Morgan fingerprint density at radius 2 is 1.29 bits per heavy atom. The lowest BCUT2D eigenvalue weighted by molar-refractivity contribution is -0.123. The Morgan fingerprint density at radius 3 is 1.62 bits per heavy atom. The molecule has 0 atom stereocenters. The van der Waals surface area contributed by atoms with Gasteiger partial charge in [0, 0.05) is 17.6 Å². The Balaban J connectivity index is 2.51. The zero-order valence-electron chi connectivity index (χ0n) is 12.7. The summed E-state index contributed by atoms with van der Waals surface area (Å²) in [5, 5.41) is 2.23. The van der Waals surface area contributed by atoms with Crippen LogP contribution in [0.15, 0.2) is 60.7 Å². The maximum Gasteiger partial charge on any atom is 0.143 e. The van der Waals surface area contributed by atoms with Gasteiger partial charge in [-0.1, -0.05) is 93.2 Å². The third kappa shape index (κ3) is 3.70. The highest BCUT2D eigenvalue weighted by molar-refractivity contribution is 8.22. The lowest BCUT2D eigenvalue weighted by atomic mass is 9.92. The van der Waals surface area contributed by atoms with Gasteiger partial charge in [-0.05, 0) is 10.6 Å². The number of ketones is 1. The van der Waals surface area contributed by atoms with Gasteiger partial charge in [0.2, 0.25) is 0 Å². The van der Waals surface area contributed by atoms with E-state index in [9.17, 15) is 4.79 Å². The highest BCUT2D eigenvalue weighted by Gasteiger charge is 2.30. The van der Waals surface area contributed by atoms with Gasteiger partial charge in [-0.3, -0.25) is 4.79 Å². The fourth-order valence-electron chi connectivity index (χ4n) is 2.11. The highest BCUT2D eigenvalue weighted by atomic mass is 32.4. The first-order chi connectivity index (χ1) is 9.84. The topological polar surface area (TPSA) is 17.1 Å². The molecular weight excluding hydrogens is 295 g/mol. The van der Waals surface area contributed by atoms with Crippen molar-refractivity contribution in [2.24, 2.45) is 5.41 Å². The van der Waals surface area contributed by atoms with Crippen molar-refractivity contribution < 1.29 is 4.79 Å². The molecule has 0 fully saturated rings. The second kappa shape index (κ2) is 6.25. The summed E-state index contributed by atoms with van der Waals surface area (Å²) in [6.45, 7) is 5.89. The first kappa shape index (κ1) is 16.1. The third-order valence-corrected chi connectivity index (χ3v) is 8.20. The van der Waals surface area contributed by atoms with E-state index in [2.05, 4.69) is 24.3 Å². The van der Waals surface area contributed by atoms with Crippen molar-refractivity contribution in [3.63, 3.8) is 0 Å². The first-order valence-electron chi connectivity index (χ1n) is 7.08. The summed E-state index contributed by atoms with van der Waals surface area (Å²) in [6, 6.07) is 18.1. The van der Waals surface area contributed by atoms with Gasteiger partial charge in [0.1, 0.15) is 5.78 Å². The van der Waals surface area contributed by atoms with Crippen molar-refractivity contribution in [1.29, 1.82) is 0 Å². The number of Topliss-reactive ketones (excluding diaryl/α,β-unsaturated/α-hetero) is 1. The largest absolute Gasteiger partial charge is 0.299 e. The SMILES string of the molecule is CC(C)(C)C(=O)CP(=S)(c1ccccc1)c1ccccc1. The van der Waals surface area contributed by atoms with E-state index in [-0.39, 0.29) is 11.2 Å². The predicted octanol–water partition coefficient (Wildman–Crippen LogP) is 3.73. The Kier molecular flexibility index (Phi) is 4.81. The molecule has 0 spiro atoms. The molecule has 2 rings (SSSR count). The van der Waals surface area contributed by atoms with Crippen LogP contribution in [-0.2, 0) is 16.6 Å². The second-order valence-electron chi connectivity index (χ2n) is 6.24. The summed E-state index contributed by atoms with van der Waals surface area (Å²) < 4.78 is 0. The number of carbonyl (C=O) groups is 1. The van der Waals surface area contributed by atoms with Crippen LogP contribution in [0.1, 0.15) is 20.8 Å². The van der Waals surface area contributed by atoms with E-state index in [4.69, 9.17) is 11.8 Å². The molecule has 0 aliphatic heterocycles. The molecule has 0 bridgehead atoms. The van der Waals surface area contributed by atoms with Gasteiger partial charge in [-0.25, -0.2) is 0 Å². The summed E-state index contributed by atoms with van der Waals surface area (Å²) >= 11 is 6.07. The van der Waals surface area contributed by atoms with Gasteiger partial charge >= 0.3 is 0 Å². The first-order valence-corrected chi connectivity index (χ1v) is 10.1. The van der Waals surface area contributed by atoms with E-state index in [1.807, 2.05) is 57.2 Å². The predicted molar refractivity (Wildman–Crippen MR) is 95.8 cm³/mol. The zero-order chi connectivity index (χ0) is 15.5. The Hall–Kier alpha value is -1.24. The maximum absolute atomic E-state index is 12.6. The summed E-state index contributed by atoms with van der Waals surface area (Å²) in [6.07, 6.45) is 0.444. The molecule has 21 heavy (non-hydrogen) atoms. The number of carbonyl (C=O) groups excluding carboxylic acids is 1. The maximum atomic E-state index is 12.6. The number of hydrogen-bond donors (Lipinski definition) is 0. The Morgan fingerprint density at radius 1 is 0.905 bits per heavy atom. The van der Waals surface area contributed by atoms with Gasteiger partial charge in [0.05, 0.1) is 0 Å². The van der Waals surface area contributed by atoms with Crippen LogP contribution >= 0.6 is 6.04 Å². The van der Waals surface area contributed by atoms with Gasteiger partial charge < -0.3 is 0 Å². The molecule has 0 aliphatic carbocycles. The summed E-state index contributed by atoms with van der Waals surface area (Å²) in [5.74, 6) is 0.235. The molecule has 3 heteroatoms. The van der Waals surface area contributed by atoms with Crippen molar-refractivity contribution >= 4 is 34.2 Å². The van der Waals surface area contributed by atoms with Crippen molar-refractivity contribution in [1.82, 2.24) is 0 Å². The van der Waals surface area contributed by atoms with Crippen LogP contribution in [0.2, 0.25) is 0 Å². The lowest BCUT2D eigenvalue weighted by Gasteiger charge is -2.26. The fourth-order valence-corrected chi connectivity index (χ4v) is 6.04. The molecule has 0 aliphatic rings. The van der Waals surface area contributed by atoms with Crippen LogP contribution in [-0.4, -0.2) is 11.9 Å². The minimum atomic E-state index is -2.09. The molecule has 0 radical (unpaired) electrons. The summed E-state index contributed by atoms with van der Waals surface area (Å²) in [7, 11) is 0. The molecule has 0 saturated heterocycles. The molecule has 0 saturated carbocycles. The van der Waals surface area contributed by atoms with Crippen LogP contribution < -0.4 is 10.6 Å². The highest BCUT2D eigenvalue weighted by Crippen LogP contribution is 2.45. The van der Waals surface area contributed by atoms with Crippen molar-refractivity contribution in [2.75, 3.05) is 6.16 Å². The van der Waals surface area contributed by atoms with Crippen LogP contribution in [0.25, 0.3) is 0 Å². The van der Waals surface area contributed by atoms with E-state index < -0.39 is 6.04 Å². The quantitative estimate of drug-likeness (QED) is 0.800. The number of hydrogen-bond acceptors (Lipinski definition) is 2. The van der Waals surface area contributed by atoms with Gasteiger partial charge in [-0.15, -0.1) is 0 Å². The van der Waals surface area contributed by atoms with Gasteiger partial charge in [0.25, 0.3) is 0 Å². The van der Waals surface area contributed by atoms with E-state index in [0.29, 0.717) is 6.16 Å². The molecule has 0 amide bonds. The molecule has 0 heterocycles. The van der Waals surface area contributed by atoms with Crippen molar-refractivity contribution in [3.8, 4) is 0 Å². The fraction of sp³-hybridized carbons (Fsp3) is 0.278. The third-order valence-electron chi connectivity index (χ3n) is 3.55. The molecule has 1 nitrogen and oxygen atoms in total. The molecule has 0 aromatic heterocycles. The number of benzene rings is 2. The molecule has 0 N–H and O–H groups in total. The van der Waals surface area contributed by atoms with Crippen LogP contribution in [0.3, 0.4) is 0 Å². The smallest absolute Gasteiger partial charge is 0.143 e. The summed E-state index contributed by atoms with van der Waals surface area (Å²) in [5.41, 5.74) is -0.354. The molecule has 110 valence electrons. The summed E-state index contributed by atoms with van der Waals surface area (Å²) in [4.78, 5) is 12.6. The molecule has 0 unspecified atom stereocenters. The van der Waals surface area contributed by atoms with E-state index >= 15 is 0 Å². The molecular formula is C18H21OPS. The number of rotatable bonds is 4. The average molecular weight is 316 g/mol. The van der Waals surface area contributed by atoms with Crippen LogP contribution in [0.5, 0.6) is 0 Å². The minimum Gasteiger partial charge on any atom is -0.299 e. The van der Waals surface area contributed by atoms with Gasteiger partial charge in [0.15, 0.2) is 0 Å². The van der Waals surface area contributed by atoms with Crippen LogP contribution in [0, 0.1) is 5.41 Å². The Labute approximate surface area is 132 Å². The van der Waals surface area contributed by atoms with E-state index in [0.717, 1.165) is 10.6 Å². The normalized spacial score (nSPS) is 12.1. The van der Waals surface area contributed by atoms with E-state index in [1.165, 1.54) is 0 Å². The molecule has 2 aromatic carbocycles. The molecule has 2 aromatic rings. The van der Waals surface area contributed by atoms with Gasteiger partial charge in [-0.2, -0.15) is 0 Å². The van der Waals surface area contributed by atoms with Crippen molar-refractivity contribution in [2.45, 2.75) is 20.8 Å². The minimum absolute atomic E-state index is 0.235. The second-order valence-corrected chi connectivity index (χ2v) is 10.9. The van der Waals surface area contributed by atoms with E-state index in [1.54, 1.807) is 0 Å². The Bertz CT molecular complexity index is 613. The lowest BCUT2D eigenvalue weighted by Crippen LogP contribution is -2.29. The monoisotopic (exact) mass is 316 g/mol. The van der Waals surface area contributed by atoms with Crippen LogP contribution in [0.4, 0.5) is 0 Å². The average Bonchev–Trinajstić information content (AvgIpc) is 2.48. The standard InChI is InChI=1S/C18H21OPS/c1-18(2,3)17(19)14-20(21,15-10-6-4-7-11-15)16-12-8-5-9-13-16/h4-13H,14H2,1-3H3. The van der Waals surface area contributed by atoms with Crippen molar-refractivity contribution in [3.05, 3.63) is 60.7 Å². The zero-order valence-corrected chi connectivity index (χ0v) is 14.5.